The van der Waals surface area contributed by atoms with E-state index in [2.05, 4.69) is 144 Å². The van der Waals surface area contributed by atoms with Gasteiger partial charge in [-0.15, -0.1) is 0 Å². The number of hydrogen-bond acceptors (Lipinski definition) is 0. The Morgan fingerprint density at radius 2 is 0.880 bits per heavy atom. The van der Waals surface area contributed by atoms with Gasteiger partial charge in [0.05, 0.1) is 0 Å². The van der Waals surface area contributed by atoms with Crippen molar-refractivity contribution in [3.8, 4) is 0 Å². The standard InChI is InChI=1S/C18H9Br6P/c19-10-6-13(21)17(14(22)7-10)25(12-4-2-1-3-5-12)18-15(23)8-11(20)9-16(18)24/h1-9H. The maximum atomic E-state index is 3.77. The van der Waals surface area contributed by atoms with E-state index in [0.717, 1.165) is 26.8 Å². The highest BCUT2D eigenvalue weighted by atomic mass is 79.9. The van der Waals surface area contributed by atoms with E-state index in [1.54, 1.807) is 0 Å². The van der Waals surface area contributed by atoms with Gasteiger partial charge in [-0.05, 0) is 37.5 Å². The van der Waals surface area contributed by atoms with E-state index in [0.29, 0.717) is 0 Å². The van der Waals surface area contributed by atoms with Crippen LogP contribution in [-0.4, -0.2) is 0 Å². The molecule has 3 aromatic carbocycles. The van der Waals surface area contributed by atoms with Crippen LogP contribution < -0.4 is 15.9 Å². The van der Waals surface area contributed by atoms with Crippen molar-refractivity contribution >= 4 is 119 Å². The lowest BCUT2D eigenvalue weighted by molar-refractivity contribution is 1.59. The van der Waals surface area contributed by atoms with E-state index in [-0.39, 0.29) is 0 Å². The van der Waals surface area contributed by atoms with Crippen LogP contribution in [0.4, 0.5) is 0 Å². The zero-order valence-electron chi connectivity index (χ0n) is 12.4. The number of rotatable bonds is 3. The Morgan fingerprint density at radius 1 is 0.520 bits per heavy atom. The number of halogens is 6. The fraction of sp³-hybridized carbons (Fsp3) is 0. The molecular formula is C18H9Br6P. The molecular weight excluding hydrogens is 727 g/mol. The summed E-state index contributed by atoms with van der Waals surface area (Å²) in [5, 5.41) is 3.77. The van der Waals surface area contributed by atoms with Gasteiger partial charge in [0.25, 0.3) is 0 Å². The van der Waals surface area contributed by atoms with Gasteiger partial charge in [-0.1, -0.05) is 126 Å². The summed E-state index contributed by atoms with van der Waals surface area (Å²) < 4.78 is 6.37. The monoisotopic (exact) mass is 730 g/mol. The third-order valence-electron chi connectivity index (χ3n) is 3.42. The van der Waals surface area contributed by atoms with Crippen LogP contribution in [0.2, 0.25) is 0 Å². The van der Waals surface area contributed by atoms with Gasteiger partial charge in [0, 0.05) is 37.4 Å². The predicted molar refractivity (Wildman–Crippen MR) is 131 cm³/mol. The third kappa shape index (κ3) is 4.70. The minimum Gasteiger partial charge on any atom is -0.0622 e. The smallest absolute Gasteiger partial charge is 0.0281 e. The molecule has 128 valence electrons. The highest BCUT2D eigenvalue weighted by Crippen LogP contribution is 2.44. The van der Waals surface area contributed by atoms with E-state index >= 15 is 0 Å². The molecule has 0 saturated carbocycles. The summed E-state index contributed by atoms with van der Waals surface area (Å²) in [6, 6.07) is 19.0. The molecule has 0 saturated heterocycles. The van der Waals surface area contributed by atoms with Gasteiger partial charge >= 0.3 is 0 Å². The Bertz CT molecular complexity index is 823. The second-order valence-electron chi connectivity index (χ2n) is 5.11. The lowest BCUT2D eigenvalue weighted by Gasteiger charge is -2.24. The molecule has 0 aliphatic heterocycles. The van der Waals surface area contributed by atoms with Crippen LogP contribution in [0.1, 0.15) is 0 Å². The van der Waals surface area contributed by atoms with E-state index in [9.17, 15) is 0 Å². The summed E-state index contributed by atoms with van der Waals surface area (Å²) in [6.07, 6.45) is 0. The van der Waals surface area contributed by atoms with Gasteiger partial charge in [-0.3, -0.25) is 0 Å². The van der Waals surface area contributed by atoms with Crippen molar-refractivity contribution in [3.63, 3.8) is 0 Å². The zero-order valence-corrected chi connectivity index (χ0v) is 22.8. The minimum atomic E-state index is -0.783. The number of hydrogen-bond donors (Lipinski definition) is 0. The van der Waals surface area contributed by atoms with Crippen molar-refractivity contribution in [2.24, 2.45) is 0 Å². The topological polar surface area (TPSA) is 0 Å². The minimum absolute atomic E-state index is 0.783. The number of benzene rings is 3. The molecule has 0 bridgehead atoms. The van der Waals surface area contributed by atoms with Crippen LogP contribution in [0.25, 0.3) is 0 Å². The summed E-state index contributed by atoms with van der Waals surface area (Å²) in [6.45, 7) is 0. The lowest BCUT2D eigenvalue weighted by Crippen LogP contribution is -2.24. The molecule has 0 N–H and O–H groups in total. The molecule has 3 rings (SSSR count). The van der Waals surface area contributed by atoms with Gasteiger partial charge in [-0.25, -0.2) is 0 Å². The predicted octanol–water partition coefficient (Wildman–Crippen LogP) is 8.02. The first-order valence-electron chi connectivity index (χ1n) is 7.02. The average Bonchev–Trinajstić information content (AvgIpc) is 2.52. The first kappa shape index (κ1) is 20.7. The summed E-state index contributed by atoms with van der Waals surface area (Å²) >= 11 is 22.2. The molecule has 0 amide bonds. The van der Waals surface area contributed by atoms with Crippen LogP contribution in [0, 0.1) is 0 Å². The van der Waals surface area contributed by atoms with E-state index in [4.69, 9.17) is 0 Å². The Labute approximate surface area is 198 Å². The molecule has 0 spiro atoms. The second kappa shape index (κ2) is 8.98. The quantitative estimate of drug-likeness (QED) is 0.239. The molecule has 0 aliphatic carbocycles. The fourth-order valence-electron chi connectivity index (χ4n) is 2.44. The summed E-state index contributed by atoms with van der Waals surface area (Å²) in [5.41, 5.74) is 0. The summed E-state index contributed by atoms with van der Waals surface area (Å²) in [5.74, 6) is 0. The Morgan fingerprint density at radius 3 is 1.24 bits per heavy atom. The van der Waals surface area contributed by atoms with E-state index in [1.165, 1.54) is 15.9 Å². The van der Waals surface area contributed by atoms with Crippen LogP contribution in [-0.2, 0) is 0 Å². The Kier molecular flexibility index (Phi) is 7.43. The van der Waals surface area contributed by atoms with Gasteiger partial charge in [0.15, 0.2) is 0 Å². The van der Waals surface area contributed by atoms with Crippen LogP contribution in [0.15, 0.2) is 81.4 Å². The molecule has 0 radical (unpaired) electrons. The van der Waals surface area contributed by atoms with Crippen molar-refractivity contribution in [1.82, 2.24) is 0 Å². The van der Waals surface area contributed by atoms with Crippen molar-refractivity contribution < 1.29 is 0 Å². The lowest BCUT2D eigenvalue weighted by atomic mass is 10.3. The third-order valence-corrected chi connectivity index (χ3v) is 10.7. The van der Waals surface area contributed by atoms with Gasteiger partial charge in [0.1, 0.15) is 0 Å². The SMILES string of the molecule is Brc1cc(Br)c(P(c2ccccc2)c2c(Br)cc(Br)cc2Br)c(Br)c1. The van der Waals surface area contributed by atoms with Crippen LogP contribution in [0.3, 0.4) is 0 Å². The van der Waals surface area contributed by atoms with Crippen molar-refractivity contribution in [3.05, 3.63) is 81.4 Å². The Hall–Kier alpha value is 0.970. The summed E-state index contributed by atoms with van der Waals surface area (Å²) in [7, 11) is -0.783. The van der Waals surface area contributed by atoms with Gasteiger partial charge < -0.3 is 0 Å². The highest BCUT2D eigenvalue weighted by Gasteiger charge is 2.26. The van der Waals surface area contributed by atoms with Gasteiger partial charge in [0.2, 0.25) is 0 Å². The van der Waals surface area contributed by atoms with Crippen molar-refractivity contribution in [1.29, 1.82) is 0 Å². The molecule has 25 heavy (non-hydrogen) atoms. The maximum absolute atomic E-state index is 3.77. The first-order valence-corrected chi connectivity index (χ1v) is 13.1. The Balaban J connectivity index is 2.34. The maximum Gasteiger partial charge on any atom is 0.0281 e. The molecule has 0 nitrogen and oxygen atoms in total. The normalized spacial score (nSPS) is 11.2. The molecule has 7 heteroatoms. The highest BCUT2D eigenvalue weighted by molar-refractivity contribution is 9.12. The largest absolute Gasteiger partial charge is 0.0622 e. The average molecular weight is 736 g/mol. The fourth-order valence-corrected chi connectivity index (χ4v) is 11.4. The van der Waals surface area contributed by atoms with Crippen LogP contribution in [0.5, 0.6) is 0 Å². The molecule has 0 unspecified atom stereocenters. The second-order valence-corrected chi connectivity index (χ2v) is 12.4. The molecule has 0 aromatic heterocycles. The van der Waals surface area contributed by atoms with Crippen molar-refractivity contribution in [2.75, 3.05) is 0 Å². The molecule has 0 aliphatic rings. The van der Waals surface area contributed by atoms with Gasteiger partial charge in [-0.2, -0.15) is 0 Å². The molecule has 3 aromatic rings. The summed E-state index contributed by atoms with van der Waals surface area (Å²) in [4.78, 5) is 0. The molecule has 0 fully saturated rings. The zero-order chi connectivity index (χ0) is 18.1. The van der Waals surface area contributed by atoms with Crippen molar-refractivity contribution in [2.45, 2.75) is 0 Å². The molecule has 0 heterocycles. The van der Waals surface area contributed by atoms with E-state index < -0.39 is 7.92 Å². The van der Waals surface area contributed by atoms with Crippen LogP contribution >= 0.6 is 104 Å². The first-order chi connectivity index (χ1) is 11.9. The molecule has 0 atom stereocenters. The van der Waals surface area contributed by atoms with E-state index in [1.807, 2.05) is 6.07 Å².